The number of esters is 1. The number of anilines is 1. The van der Waals surface area contributed by atoms with E-state index in [1.807, 2.05) is 66.9 Å². The first-order valence-electron chi connectivity index (χ1n) is 8.90. The Balaban J connectivity index is 1.93. The molecule has 0 unspecified atom stereocenters. The monoisotopic (exact) mass is 363 g/mol. The van der Waals surface area contributed by atoms with E-state index in [4.69, 9.17) is 9.47 Å². The van der Waals surface area contributed by atoms with Crippen LogP contribution in [0.4, 0.5) is 5.95 Å². The maximum absolute atomic E-state index is 12.6. The van der Waals surface area contributed by atoms with E-state index in [9.17, 15) is 4.79 Å². The van der Waals surface area contributed by atoms with Gasteiger partial charge in [-0.3, -0.25) is 4.57 Å². The normalized spacial score (nSPS) is 16.0. The molecule has 0 amide bonds. The lowest BCUT2D eigenvalue weighted by atomic mass is 9.95. The highest BCUT2D eigenvalue weighted by Crippen LogP contribution is 2.39. The molecule has 1 N–H and O–H groups in total. The van der Waals surface area contributed by atoms with E-state index in [1.54, 1.807) is 0 Å². The van der Waals surface area contributed by atoms with E-state index in [0.717, 1.165) is 28.0 Å². The summed E-state index contributed by atoms with van der Waals surface area (Å²) in [6, 6.07) is 15.4. The lowest BCUT2D eigenvalue weighted by Gasteiger charge is -2.30. The molecule has 0 fully saturated rings. The van der Waals surface area contributed by atoms with Crippen molar-refractivity contribution in [2.24, 2.45) is 0 Å². The summed E-state index contributed by atoms with van der Waals surface area (Å²) >= 11 is 0. The number of allylic oxidation sites excluding steroid dienone is 1. The smallest absolute Gasteiger partial charge is 0.337 e. The van der Waals surface area contributed by atoms with Crippen LogP contribution in [-0.4, -0.2) is 29.2 Å². The third-order valence-corrected chi connectivity index (χ3v) is 4.74. The van der Waals surface area contributed by atoms with Crippen LogP contribution < -0.4 is 10.1 Å². The van der Waals surface area contributed by atoms with E-state index in [0.29, 0.717) is 18.1 Å². The van der Waals surface area contributed by atoms with Crippen molar-refractivity contribution < 1.29 is 14.3 Å². The van der Waals surface area contributed by atoms with Crippen LogP contribution in [0.3, 0.4) is 0 Å². The zero-order valence-electron chi connectivity index (χ0n) is 15.5. The van der Waals surface area contributed by atoms with Gasteiger partial charge in [0.2, 0.25) is 5.95 Å². The Labute approximate surface area is 157 Å². The number of fused-ring (bicyclic) bond motifs is 3. The number of nitrogens with zero attached hydrogens (tertiary/aromatic N) is 2. The molecule has 6 nitrogen and oxygen atoms in total. The van der Waals surface area contributed by atoms with Crippen molar-refractivity contribution in [2.45, 2.75) is 19.9 Å². The van der Waals surface area contributed by atoms with Gasteiger partial charge in [-0.15, -0.1) is 0 Å². The molecule has 4 rings (SSSR count). The quantitative estimate of drug-likeness (QED) is 0.712. The van der Waals surface area contributed by atoms with Gasteiger partial charge in [0.1, 0.15) is 5.75 Å². The molecule has 1 aliphatic heterocycles. The van der Waals surface area contributed by atoms with Crippen LogP contribution >= 0.6 is 0 Å². The number of rotatable bonds is 4. The summed E-state index contributed by atoms with van der Waals surface area (Å²) in [6.07, 6.45) is 0. The molecule has 1 aromatic heterocycles. The number of hydrogen-bond donors (Lipinski definition) is 1. The lowest BCUT2D eigenvalue weighted by Crippen LogP contribution is -2.28. The molecule has 2 aromatic carbocycles. The summed E-state index contributed by atoms with van der Waals surface area (Å²) in [6.45, 7) is 4.43. The van der Waals surface area contributed by atoms with Gasteiger partial charge < -0.3 is 14.8 Å². The topological polar surface area (TPSA) is 65.4 Å². The molecule has 27 heavy (non-hydrogen) atoms. The van der Waals surface area contributed by atoms with Gasteiger partial charge in [-0.25, -0.2) is 9.78 Å². The van der Waals surface area contributed by atoms with Gasteiger partial charge in [-0.2, -0.15) is 0 Å². The molecule has 138 valence electrons. The number of imidazole rings is 1. The summed E-state index contributed by atoms with van der Waals surface area (Å²) < 4.78 is 12.7. The highest BCUT2D eigenvalue weighted by Gasteiger charge is 2.34. The highest BCUT2D eigenvalue weighted by atomic mass is 16.5. The molecule has 0 spiro atoms. The van der Waals surface area contributed by atoms with Gasteiger partial charge in [0, 0.05) is 5.70 Å². The first-order chi connectivity index (χ1) is 13.1. The standard InChI is InChI=1S/C21H21N3O3/c1-4-27-15-11-9-14(10-12-15)19-18(20(25)26-3)13(2)22-21-23-16-7-5-6-8-17(16)24(19)21/h5-12,19H,4H2,1-3H3,(H,22,23)/t19-/m0/s1. The molecule has 1 aliphatic rings. The average Bonchev–Trinajstić information content (AvgIpc) is 3.05. The van der Waals surface area contributed by atoms with Crippen LogP contribution in [-0.2, 0) is 9.53 Å². The molecule has 0 aliphatic carbocycles. The van der Waals surface area contributed by atoms with Crippen molar-refractivity contribution in [3.8, 4) is 5.75 Å². The zero-order chi connectivity index (χ0) is 19.0. The van der Waals surface area contributed by atoms with Crippen LogP contribution in [0.25, 0.3) is 11.0 Å². The van der Waals surface area contributed by atoms with E-state index >= 15 is 0 Å². The SMILES string of the molecule is CCOc1ccc([C@H]2C(C(=O)OC)=C(C)Nc3nc4ccccc4n32)cc1. The predicted octanol–water partition coefficient (Wildman–Crippen LogP) is 3.90. The second-order valence-corrected chi connectivity index (χ2v) is 6.35. The lowest BCUT2D eigenvalue weighted by molar-refractivity contribution is -0.136. The highest BCUT2D eigenvalue weighted by molar-refractivity contribution is 5.94. The zero-order valence-corrected chi connectivity index (χ0v) is 15.5. The molecule has 0 saturated heterocycles. The molecule has 0 saturated carbocycles. The first kappa shape index (κ1) is 17.1. The van der Waals surface area contributed by atoms with Crippen LogP contribution in [0.5, 0.6) is 5.75 Å². The maximum Gasteiger partial charge on any atom is 0.337 e. The van der Waals surface area contributed by atoms with E-state index in [2.05, 4.69) is 10.3 Å². The summed E-state index contributed by atoms with van der Waals surface area (Å²) in [5, 5.41) is 3.25. The van der Waals surface area contributed by atoms with E-state index < -0.39 is 0 Å². The number of nitrogens with one attached hydrogen (secondary N) is 1. The number of carbonyl (C=O) groups excluding carboxylic acids is 1. The Morgan fingerprint density at radius 2 is 1.93 bits per heavy atom. The Bertz CT molecular complexity index is 1030. The Hall–Kier alpha value is -3.28. The Morgan fingerprint density at radius 3 is 2.63 bits per heavy atom. The van der Waals surface area contributed by atoms with Crippen molar-refractivity contribution in [1.29, 1.82) is 0 Å². The molecule has 0 bridgehead atoms. The second-order valence-electron chi connectivity index (χ2n) is 6.35. The summed E-state index contributed by atoms with van der Waals surface area (Å²) in [7, 11) is 1.40. The number of methoxy groups -OCH3 is 1. The molecule has 6 heteroatoms. The number of ether oxygens (including phenoxy) is 2. The van der Waals surface area contributed by atoms with Crippen molar-refractivity contribution in [2.75, 3.05) is 19.0 Å². The minimum atomic E-state index is -0.359. The minimum Gasteiger partial charge on any atom is -0.494 e. The van der Waals surface area contributed by atoms with E-state index in [1.165, 1.54) is 7.11 Å². The number of benzene rings is 2. The summed E-state index contributed by atoms with van der Waals surface area (Å²) in [5.74, 6) is 1.15. The molecular formula is C21H21N3O3. The van der Waals surface area contributed by atoms with Gasteiger partial charge in [0.25, 0.3) is 0 Å². The second kappa shape index (κ2) is 6.79. The van der Waals surface area contributed by atoms with Crippen LogP contribution in [0, 0.1) is 0 Å². The van der Waals surface area contributed by atoms with Crippen molar-refractivity contribution in [1.82, 2.24) is 9.55 Å². The third-order valence-electron chi connectivity index (χ3n) is 4.74. The molecule has 3 aromatic rings. The van der Waals surface area contributed by atoms with Gasteiger partial charge in [-0.1, -0.05) is 24.3 Å². The van der Waals surface area contributed by atoms with Gasteiger partial charge in [0.05, 0.1) is 36.4 Å². The maximum atomic E-state index is 12.6. The van der Waals surface area contributed by atoms with Gasteiger partial charge in [-0.05, 0) is 43.7 Å². The van der Waals surface area contributed by atoms with Crippen LogP contribution in [0.2, 0.25) is 0 Å². The summed E-state index contributed by atoms with van der Waals surface area (Å²) in [5.41, 5.74) is 4.09. The van der Waals surface area contributed by atoms with Gasteiger partial charge >= 0.3 is 5.97 Å². The number of carbonyl (C=O) groups is 1. The fraction of sp³-hybridized carbons (Fsp3) is 0.238. The fourth-order valence-corrected chi connectivity index (χ4v) is 3.57. The predicted molar refractivity (Wildman–Crippen MR) is 104 cm³/mol. The van der Waals surface area contributed by atoms with Crippen molar-refractivity contribution >= 4 is 23.0 Å². The van der Waals surface area contributed by atoms with Crippen LogP contribution in [0.1, 0.15) is 25.5 Å². The molecular weight excluding hydrogens is 342 g/mol. The van der Waals surface area contributed by atoms with Gasteiger partial charge in [0.15, 0.2) is 0 Å². The average molecular weight is 363 g/mol. The number of hydrogen-bond acceptors (Lipinski definition) is 5. The minimum absolute atomic E-state index is 0.336. The Morgan fingerprint density at radius 1 is 1.19 bits per heavy atom. The Kier molecular flexibility index (Phi) is 4.32. The first-order valence-corrected chi connectivity index (χ1v) is 8.90. The van der Waals surface area contributed by atoms with Crippen LogP contribution in [0.15, 0.2) is 59.8 Å². The van der Waals surface area contributed by atoms with E-state index in [-0.39, 0.29) is 12.0 Å². The van der Waals surface area contributed by atoms with Crippen molar-refractivity contribution in [3.63, 3.8) is 0 Å². The largest absolute Gasteiger partial charge is 0.494 e. The fourth-order valence-electron chi connectivity index (χ4n) is 3.57. The molecule has 2 heterocycles. The van der Waals surface area contributed by atoms with Crippen molar-refractivity contribution in [3.05, 3.63) is 65.4 Å². The number of aromatic nitrogens is 2. The summed E-state index contributed by atoms with van der Waals surface area (Å²) in [4.78, 5) is 17.3. The third kappa shape index (κ3) is 2.83. The molecule has 0 radical (unpaired) electrons. The molecule has 1 atom stereocenters. The number of para-hydroxylation sites is 2.